The summed E-state index contributed by atoms with van der Waals surface area (Å²) in [5.41, 5.74) is 2.30. The van der Waals surface area contributed by atoms with E-state index >= 15 is 0 Å². The quantitative estimate of drug-likeness (QED) is 0.800. The number of rotatable bonds is 3. The van der Waals surface area contributed by atoms with E-state index in [4.69, 9.17) is 0 Å². The largest absolute Gasteiger partial charge is 0.265 e. The number of thiazole rings is 1. The number of pyridine rings is 1. The monoisotopic (exact) mass is 268 g/mol. The number of hydrogen-bond donors (Lipinski definition) is 0. The maximum absolute atomic E-state index is 4.53. The molecule has 72 valence electrons. The van der Waals surface area contributed by atoms with E-state index in [2.05, 4.69) is 31.3 Å². The average molecular weight is 269 g/mol. The third-order valence-corrected chi connectivity index (χ3v) is 3.17. The minimum absolute atomic E-state index is 0.965. The van der Waals surface area contributed by atoms with E-state index in [-0.39, 0.29) is 0 Å². The van der Waals surface area contributed by atoms with Crippen molar-refractivity contribution in [3.63, 3.8) is 0 Å². The van der Waals surface area contributed by atoms with Gasteiger partial charge >= 0.3 is 0 Å². The second-order valence-electron chi connectivity index (χ2n) is 2.82. The molecule has 0 aliphatic heterocycles. The van der Waals surface area contributed by atoms with Crippen LogP contribution in [0.4, 0.5) is 0 Å². The van der Waals surface area contributed by atoms with Crippen LogP contribution in [0.5, 0.6) is 0 Å². The molecule has 2 heterocycles. The Morgan fingerprint density at radius 1 is 1.29 bits per heavy atom. The Balaban J connectivity index is 2.25. The van der Waals surface area contributed by atoms with Gasteiger partial charge in [-0.1, -0.05) is 15.9 Å². The minimum atomic E-state index is 0.965. The van der Waals surface area contributed by atoms with Crippen molar-refractivity contribution in [1.29, 1.82) is 0 Å². The lowest BCUT2D eigenvalue weighted by Gasteiger charge is -1.93. The molecule has 14 heavy (non-hydrogen) atoms. The zero-order valence-electron chi connectivity index (χ0n) is 7.48. The van der Waals surface area contributed by atoms with Crippen molar-refractivity contribution >= 4 is 27.3 Å². The molecular weight excluding hydrogens is 260 g/mol. The van der Waals surface area contributed by atoms with Crippen LogP contribution in [0.3, 0.4) is 0 Å². The molecular formula is C10H9BrN2S. The van der Waals surface area contributed by atoms with Gasteiger partial charge in [0.25, 0.3) is 0 Å². The number of aromatic nitrogens is 2. The molecule has 0 saturated carbocycles. The van der Waals surface area contributed by atoms with Crippen LogP contribution in [0.2, 0.25) is 0 Å². The number of aryl methyl sites for hydroxylation is 1. The van der Waals surface area contributed by atoms with E-state index in [9.17, 15) is 0 Å². The van der Waals surface area contributed by atoms with Gasteiger partial charge in [0.1, 0.15) is 5.01 Å². The molecule has 0 fully saturated rings. The van der Waals surface area contributed by atoms with Gasteiger partial charge in [0.05, 0.1) is 5.69 Å². The Hall–Kier alpha value is -0.740. The van der Waals surface area contributed by atoms with Gasteiger partial charge in [0, 0.05) is 35.1 Å². The van der Waals surface area contributed by atoms with E-state index in [0.717, 1.165) is 28.0 Å². The molecule has 0 aliphatic carbocycles. The lowest BCUT2D eigenvalue weighted by atomic mass is 10.3. The number of nitrogens with zero attached hydrogens (tertiary/aromatic N) is 2. The fraction of sp³-hybridized carbons (Fsp3) is 0.200. The van der Waals surface area contributed by atoms with Crippen molar-refractivity contribution in [3.8, 4) is 10.6 Å². The van der Waals surface area contributed by atoms with Crippen molar-refractivity contribution < 1.29 is 0 Å². The third kappa shape index (κ3) is 2.19. The molecule has 0 aromatic carbocycles. The second-order valence-corrected chi connectivity index (χ2v) is 4.47. The Kier molecular flexibility index (Phi) is 3.26. The van der Waals surface area contributed by atoms with E-state index < -0.39 is 0 Å². The molecule has 0 spiro atoms. The summed E-state index contributed by atoms with van der Waals surface area (Å²) in [6, 6.07) is 3.97. The van der Waals surface area contributed by atoms with Crippen LogP contribution in [0.15, 0.2) is 29.9 Å². The van der Waals surface area contributed by atoms with E-state index in [1.807, 2.05) is 12.1 Å². The zero-order valence-corrected chi connectivity index (χ0v) is 9.88. The Labute approximate surface area is 95.2 Å². The van der Waals surface area contributed by atoms with Gasteiger partial charge in [-0.2, -0.15) is 0 Å². The fourth-order valence-electron chi connectivity index (χ4n) is 1.15. The van der Waals surface area contributed by atoms with Gasteiger partial charge < -0.3 is 0 Å². The lowest BCUT2D eigenvalue weighted by molar-refractivity contribution is 1.09. The molecule has 0 saturated heterocycles. The van der Waals surface area contributed by atoms with Gasteiger partial charge in [0.2, 0.25) is 0 Å². The first-order valence-corrected chi connectivity index (χ1v) is 6.31. The molecule has 4 heteroatoms. The molecule has 0 radical (unpaired) electrons. The molecule has 2 aromatic rings. The van der Waals surface area contributed by atoms with Crippen molar-refractivity contribution in [2.75, 3.05) is 5.33 Å². The molecule has 0 amide bonds. The van der Waals surface area contributed by atoms with Crippen molar-refractivity contribution in [2.45, 2.75) is 6.42 Å². The summed E-state index contributed by atoms with van der Waals surface area (Å²) < 4.78 is 0. The van der Waals surface area contributed by atoms with E-state index in [1.54, 1.807) is 23.7 Å². The number of alkyl halides is 1. The second kappa shape index (κ2) is 4.66. The van der Waals surface area contributed by atoms with Crippen LogP contribution < -0.4 is 0 Å². The predicted octanol–water partition coefficient (Wildman–Crippen LogP) is 3.14. The van der Waals surface area contributed by atoms with Crippen LogP contribution in [0.1, 0.15) is 5.69 Å². The van der Waals surface area contributed by atoms with Crippen LogP contribution in [-0.2, 0) is 6.42 Å². The lowest BCUT2D eigenvalue weighted by Crippen LogP contribution is -1.85. The van der Waals surface area contributed by atoms with Gasteiger partial charge in [0.15, 0.2) is 0 Å². The maximum Gasteiger partial charge on any atom is 0.123 e. The smallest absolute Gasteiger partial charge is 0.123 e. The molecule has 2 rings (SSSR count). The molecule has 0 bridgehead atoms. The summed E-state index contributed by atoms with van der Waals surface area (Å²) >= 11 is 5.09. The predicted molar refractivity (Wildman–Crippen MR) is 62.8 cm³/mol. The molecule has 0 atom stereocenters. The highest BCUT2D eigenvalue weighted by Gasteiger charge is 2.03. The minimum Gasteiger partial charge on any atom is -0.265 e. The SMILES string of the molecule is BrCCc1csc(-c2ccncc2)n1. The third-order valence-electron chi connectivity index (χ3n) is 1.83. The van der Waals surface area contributed by atoms with Crippen molar-refractivity contribution in [1.82, 2.24) is 9.97 Å². The normalized spacial score (nSPS) is 10.4. The highest BCUT2D eigenvalue weighted by atomic mass is 79.9. The summed E-state index contributed by atoms with van der Waals surface area (Å²) in [6.45, 7) is 0. The summed E-state index contributed by atoms with van der Waals surface area (Å²) in [5.74, 6) is 0. The Morgan fingerprint density at radius 3 is 2.79 bits per heavy atom. The molecule has 0 aliphatic rings. The summed E-state index contributed by atoms with van der Waals surface area (Å²) in [5, 5.41) is 4.15. The van der Waals surface area contributed by atoms with E-state index in [0.29, 0.717) is 0 Å². The van der Waals surface area contributed by atoms with Crippen molar-refractivity contribution in [2.24, 2.45) is 0 Å². The molecule has 2 nitrogen and oxygen atoms in total. The van der Waals surface area contributed by atoms with Crippen molar-refractivity contribution in [3.05, 3.63) is 35.6 Å². The molecule has 0 unspecified atom stereocenters. The van der Waals surface area contributed by atoms with Gasteiger partial charge in [-0.25, -0.2) is 4.98 Å². The van der Waals surface area contributed by atoms with E-state index in [1.165, 1.54) is 0 Å². The summed E-state index contributed by atoms with van der Waals surface area (Å²) in [6.07, 6.45) is 4.57. The van der Waals surface area contributed by atoms with Gasteiger partial charge in [-0.05, 0) is 12.1 Å². The van der Waals surface area contributed by atoms with Crippen LogP contribution in [0.25, 0.3) is 10.6 Å². The zero-order chi connectivity index (χ0) is 9.80. The van der Waals surface area contributed by atoms with Crippen LogP contribution >= 0.6 is 27.3 Å². The first-order chi connectivity index (χ1) is 6.90. The van der Waals surface area contributed by atoms with Gasteiger partial charge in [-0.3, -0.25) is 4.98 Å². The number of hydrogen-bond acceptors (Lipinski definition) is 3. The first-order valence-electron chi connectivity index (χ1n) is 4.31. The molecule has 0 N–H and O–H groups in total. The highest BCUT2D eigenvalue weighted by molar-refractivity contribution is 9.09. The number of halogens is 1. The Bertz CT molecular complexity index is 400. The highest BCUT2D eigenvalue weighted by Crippen LogP contribution is 2.22. The Morgan fingerprint density at radius 2 is 2.07 bits per heavy atom. The standard InChI is InChI=1S/C10H9BrN2S/c11-4-1-9-7-14-10(13-9)8-2-5-12-6-3-8/h2-3,5-7H,1,4H2. The summed E-state index contributed by atoms with van der Waals surface area (Å²) in [7, 11) is 0. The average Bonchev–Trinajstić information content (AvgIpc) is 2.68. The maximum atomic E-state index is 4.53. The first kappa shape index (κ1) is 9.80. The fourth-order valence-corrected chi connectivity index (χ4v) is 2.41. The summed E-state index contributed by atoms with van der Waals surface area (Å²) in [4.78, 5) is 8.51. The topological polar surface area (TPSA) is 25.8 Å². The molecule has 2 aromatic heterocycles. The van der Waals surface area contributed by atoms with Crippen LogP contribution in [0, 0.1) is 0 Å². The van der Waals surface area contributed by atoms with Crippen LogP contribution in [-0.4, -0.2) is 15.3 Å². The van der Waals surface area contributed by atoms with Gasteiger partial charge in [-0.15, -0.1) is 11.3 Å².